The zero-order valence-electron chi connectivity index (χ0n) is 15.0. The Labute approximate surface area is 160 Å². The molecule has 0 heterocycles. The summed E-state index contributed by atoms with van der Waals surface area (Å²) in [7, 11) is 0. The van der Waals surface area contributed by atoms with Crippen LogP contribution in [0.1, 0.15) is 38.5 Å². The third-order valence-electron chi connectivity index (χ3n) is 6.21. The minimum atomic E-state index is -0.185. The Bertz CT molecular complexity index is 695. The fourth-order valence-electron chi connectivity index (χ4n) is 5.61. The second-order valence-corrected chi connectivity index (χ2v) is 8.64. The van der Waals surface area contributed by atoms with E-state index >= 15 is 0 Å². The van der Waals surface area contributed by atoms with Crippen LogP contribution in [0.3, 0.4) is 0 Å². The van der Waals surface area contributed by atoms with Gasteiger partial charge in [-0.15, -0.1) is 0 Å². The van der Waals surface area contributed by atoms with Gasteiger partial charge >= 0.3 is 0 Å². The molecule has 0 unspecified atom stereocenters. The normalized spacial score (nSPS) is 31.3. The van der Waals surface area contributed by atoms with Gasteiger partial charge in [-0.05, 0) is 80.6 Å². The molecule has 26 heavy (non-hydrogen) atoms. The van der Waals surface area contributed by atoms with E-state index in [2.05, 4.69) is 17.2 Å². The topological polar surface area (TPSA) is 50.4 Å². The summed E-state index contributed by atoms with van der Waals surface area (Å²) in [6, 6.07) is 7.55. The van der Waals surface area contributed by atoms with Gasteiger partial charge < -0.3 is 15.4 Å². The zero-order valence-corrected chi connectivity index (χ0v) is 15.8. The lowest BCUT2D eigenvalue weighted by molar-refractivity contribution is -0.144. The third-order valence-corrected chi connectivity index (χ3v) is 6.41. The van der Waals surface area contributed by atoms with Crippen LogP contribution in [0.2, 0.25) is 0 Å². The lowest BCUT2D eigenvalue weighted by atomic mass is 9.49. The fourth-order valence-corrected chi connectivity index (χ4v) is 5.82. The van der Waals surface area contributed by atoms with Crippen molar-refractivity contribution in [2.24, 2.45) is 23.2 Å². The number of rotatable bonds is 5. The summed E-state index contributed by atoms with van der Waals surface area (Å²) in [5.41, 5.74) is 0.623. The van der Waals surface area contributed by atoms with Crippen LogP contribution >= 0.6 is 12.2 Å². The van der Waals surface area contributed by atoms with E-state index in [4.69, 9.17) is 17.0 Å². The first-order valence-corrected chi connectivity index (χ1v) is 9.93. The Morgan fingerprint density at radius 3 is 2.50 bits per heavy atom. The SMILES string of the molecule is C=CCOc1cccc(NC(=S)NC(=O)C23CC4CC(CC(C4)C2)C3)c1. The third kappa shape index (κ3) is 3.50. The average molecular weight is 371 g/mol. The molecule has 4 aliphatic rings. The zero-order chi connectivity index (χ0) is 18.1. The van der Waals surface area contributed by atoms with Crippen LogP contribution < -0.4 is 15.4 Å². The summed E-state index contributed by atoms with van der Waals surface area (Å²) in [4.78, 5) is 13.0. The predicted octanol–water partition coefficient (Wildman–Crippen LogP) is 4.28. The summed E-state index contributed by atoms with van der Waals surface area (Å²) in [5.74, 6) is 3.09. The molecule has 5 heteroatoms. The van der Waals surface area contributed by atoms with Gasteiger partial charge in [-0.1, -0.05) is 18.7 Å². The smallest absolute Gasteiger partial charge is 0.232 e. The maximum Gasteiger partial charge on any atom is 0.232 e. The molecule has 0 radical (unpaired) electrons. The molecule has 4 bridgehead atoms. The van der Waals surface area contributed by atoms with Gasteiger partial charge in [0.25, 0.3) is 0 Å². The van der Waals surface area contributed by atoms with Crippen LogP contribution in [-0.4, -0.2) is 17.6 Å². The fraction of sp³-hybridized carbons (Fsp3) is 0.524. The molecule has 4 nitrogen and oxygen atoms in total. The molecule has 0 spiro atoms. The molecule has 0 aliphatic heterocycles. The van der Waals surface area contributed by atoms with Gasteiger partial charge in [-0.3, -0.25) is 4.79 Å². The number of nitrogens with one attached hydrogen (secondary N) is 2. The van der Waals surface area contributed by atoms with E-state index in [1.807, 2.05) is 24.3 Å². The van der Waals surface area contributed by atoms with Crippen LogP contribution in [-0.2, 0) is 4.79 Å². The van der Waals surface area contributed by atoms with Crippen molar-refractivity contribution in [1.29, 1.82) is 0 Å². The number of hydrogen-bond donors (Lipinski definition) is 2. The van der Waals surface area contributed by atoms with E-state index in [0.29, 0.717) is 11.7 Å². The highest BCUT2D eigenvalue weighted by Crippen LogP contribution is 2.60. The molecule has 1 amide bonds. The van der Waals surface area contributed by atoms with Crippen molar-refractivity contribution in [3.63, 3.8) is 0 Å². The molecular weight excluding hydrogens is 344 g/mol. The minimum absolute atomic E-state index is 0.119. The minimum Gasteiger partial charge on any atom is -0.489 e. The van der Waals surface area contributed by atoms with Gasteiger partial charge in [0.1, 0.15) is 12.4 Å². The van der Waals surface area contributed by atoms with Gasteiger partial charge in [-0.2, -0.15) is 0 Å². The van der Waals surface area contributed by atoms with E-state index in [0.717, 1.165) is 48.5 Å². The molecule has 4 saturated carbocycles. The Balaban J connectivity index is 1.38. The number of anilines is 1. The van der Waals surface area contributed by atoms with Crippen LogP contribution in [0.5, 0.6) is 5.75 Å². The first kappa shape index (κ1) is 17.5. The largest absolute Gasteiger partial charge is 0.489 e. The first-order valence-electron chi connectivity index (χ1n) is 9.52. The molecule has 0 saturated heterocycles. The van der Waals surface area contributed by atoms with Gasteiger partial charge in [-0.25, -0.2) is 0 Å². The summed E-state index contributed by atoms with van der Waals surface area (Å²) in [5, 5.41) is 6.46. The van der Waals surface area contributed by atoms with Crippen molar-refractivity contribution in [3.8, 4) is 5.75 Å². The molecular formula is C21H26N2O2S. The quantitative estimate of drug-likeness (QED) is 0.600. The molecule has 0 aromatic heterocycles. The molecule has 1 aromatic rings. The molecule has 5 rings (SSSR count). The lowest BCUT2D eigenvalue weighted by Crippen LogP contribution is -2.55. The highest BCUT2D eigenvalue weighted by molar-refractivity contribution is 7.80. The Kier molecular flexibility index (Phi) is 4.74. The lowest BCUT2D eigenvalue weighted by Gasteiger charge is -2.55. The summed E-state index contributed by atoms with van der Waals surface area (Å²) in [6.45, 7) is 4.10. The van der Waals surface area contributed by atoms with Crippen molar-refractivity contribution in [2.45, 2.75) is 38.5 Å². The maximum atomic E-state index is 13.0. The van der Waals surface area contributed by atoms with Crippen LogP contribution in [0.15, 0.2) is 36.9 Å². The van der Waals surface area contributed by atoms with E-state index in [-0.39, 0.29) is 11.3 Å². The van der Waals surface area contributed by atoms with E-state index in [1.165, 1.54) is 19.3 Å². The Morgan fingerprint density at radius 2 is 1.88 bits per heavy atom. The van der Waals surface area contributed by atoms with Crippen LogP contribution in [0.4, 0.5) is 5.69 Å². The van der Waals surface area contributed by atoms with Crippen molar-refractivity contribution in [3.05, 3.63) is 36.9 Å². The number of benzene rings is 1. The van der Waals surface area contributed by atoms with Crippen molar-refractivity contribution in [1.82, 2.24) is 5.32 Å². The van der Waals surface area contributed by atoms with Gasteiger partial charge in [0, 0.05) is 11.8 Å². The number of carbonyl (C=O) groups excluding carboxylic acids is 1. The molecule has 4 fully saturated rings. The number of carbonyl (C=O) groups is 1. The highest BCUT2D eigenvalue weighted by atomic mass is 32.1. The number of ether oxygens (including phenoxy) is 1. The number of thiocarbonyl (C=S) groups is 1. The monoisotopic (exact) mass is 370 g/mol. The van der Waals surface area contributed by atoms with E-state index in [9.17, 15) is 4.79 Å². The molecule has 1 aromatic carbocycles. The molecule has 0 atom stereocenters. The van der Waals surface area contributed by atoms with E-state index < -0.39 is 0 Å². The van der Waals surface area contributed by atoms with Crippen LogP contribution in [0, 0.1) is 23.2 Å². The maximum absolute atomic E-state index is 13.0. The predicted molar refractivity (Wildman–Crippen MR) is 107 cm³/mol. The summed E-state index contributed by atoms with van der Waals surface area (Å²) >= 11 is 5.40. The number of hydrogen-bond acceptors (Lipinski definition) is 3. The Morgan fingerprint density at radius 1 is 1.23 bits per heavy atom. The second-order valence-electron chi connectivity index (χ2n) is 8.23. The van der Waals surface area contributed by atoms with E-state index in [1.54, 1.807) is 6.08 Å². The first-order chi connectivity index (χ1) is 12.6. The summed E-state index contributed by atoms with van der Waals surface area (Å²) < 4.78 is 5.53. The van der Waals surface area contributed by atoms with Crippen LogP contribution in [0.25, 0.3) is 0 Å². The molecule has 4 aliphatic carbocycles. The number of amides is 1. The van der Waals surface area contributed by atoms with Crippen molar-refractivity contribution >= 4 is 28.9 Å². The van der Waals surface area contributed by atoms with Gasteiger partial charge in [0.05, 0.1) is 5.41 Å². The van der Waals surface area contributed by atoms with Gasteiger partial charge in [0.2, 0.25) is 5.91 Å². The van der Waals surface area contributed by atoms with Crippen molar-refractivity contribution in [2.75, 3.05) is 11.9 Å². The summed E-state index contributed by atoms with van der Waals surface area (Å²) in [6.07, 6.45) is 8.80. The molecule has 138 valence electrons. The van der Waals surface area contributed by atoms with Crippen molar-refractivity contribution < 1.29 is 9.53 Å². The van der Waals surface area contributed by atoms with Gasteiger partial charge in [0.15, 0.2) is 5.11 Å². The molecule has 2 N–H and O–H groups in total. The standard InChI is InChI=1S/C21H26N2O2S/c1-2-6-25-18-5-3-4-17(10-18)22-20(26)23-19(24)21-11-14-7-15(12-21)9-16(8-14)13-21/h2-5,10,14-16H,1,6-9,11-13H2,(H2,22,23,24,26). The Hall–Kier alpha value is -1.88. The second kappa shape index (κ2) is 7.03. The average Bonchev–Trinajstić information content (AvgIpc) is 2.59. The highest BCUT2D eigenvalue weighted by Gasteiger charge is 2.54.